The van der Waals surface area contributed by atoms with Gasteiger partial charge in [0.15, 0.2) is 0 Å². The van der Waals surface area contributed by atoms with Crippen LogP contribution >= 0.6 is 0 Å². The molecule has 0 aliphatic carbocycles. The van der Waals surface area contributed by atoms with Crippen molar-refractivity contribution in [3.05, 3.63) is 0 Å². The number of nitrogens with two attached hydrogens (primary N) is 2. The number of carbonyl (C=O) groups is 5. The molecule has 26 heavy (non-hydrogen) atoms. The van der Waals surface area contributed by atoms with Gasteiger partial charge < -0.3 is 37.6 Å². The predicted molar refractivity (Wildman–Crippen MR) is 88.2 cm³/mol. The average Bonchev–Trinajstić information content (AvgIpc) is 2.54. The minimum Gasteiger partial charge on any atom is -0.480 e. The zero-order valence-electron chi connectivity index (χ0n) is 14.5. The third kappa shape index (κ3) is 8.39. The number of carbonyl (C=O) groups excluding carboxylic acids is 4. The number of aliphatic carboxylic acids is 1. The molecule has 0 aliphatic rings. The molecule has 0 rings (SSSR count). The summed E-state index contributed by atoms with van der Waals surface area (Å²) in [5, 5.41) is 24.1. The Morgan fingerprint density at radius 3 is 2.00 bits per heavy atom. The van der Waals surface area contributed by atoms with Gasteiger partial charge in [-0.1, -0.05) is 13.8 Å². The van der Waals surface area contributed by atoms with Crippen molar-refractivity contribution in [2.24, 2.45) is 17.4 Å². The van der Waals surface area contributed by atoms with Crippen LogP contribution in [0.15, 0.2) is 0 Å². The van der Waals surface area contributed by atoms with E-state index in [1.165, 1.54) is 0 Å². The number of rotatable bonds is 11. The molecule has 3 unspecified atom stereocenters. The molecule has 0 aromatic rings. The Morgan fingerprint density at radius 2 is 1.58 bits per heavy atom. The maximum absolute atomic E-state index is 12.0. The molecule has 0 aliphatic heterocycles. The Balaban J connectivity index is 4.81. The van der Waals surface area contributed by atoms with Crippen LogP contribution < -0.4 is 27.4 Å². The quantitative estimate of drug-likeness (QED) is 0.188. The molecule has 3 atom stereocenters. The van der Waals surface area contributed by atoms with Gasteiger partial charge >= 0.3 is 5.97 Å². The van der Waals surface area contributed by atoms with Gasteiger partial charge in [0.05, 0.1) is 25.6 Å². The first-order chi connectivity index (χ1) is 12.0. The average molecular weight is 375 g/mol. The highest BCUT2D eigenvalue weighted by atomic mass is 16.4. The standard InChI is InChI=1S/C14H25N5O7/c1-6(2)11(16)13(24)17-4-10(22)18-7(3-9(15)21)12(23)19-8(5-20)14(25)26/h6-8,11,20H,3-5,16H2,1-2H3,(H2,15,21)(H,17,24)(H,18,22)(H,19,23)(H,25,26). The molecule has 4 amide bonds. The highest BCUT2D eigenvalue weighted by molar-refractivity contribution is 5.94. The second-order valence-corrected chi connectivity index (χ2v) is 5.86. The highest BCUT2D eigenvalue weighted by Gasteiger charge is 2.27. The van der Waals surface area contributed by atoms with Gasteiger partial charge in [0.2, 0.25) is 23.6 Å². The summed E-state index contributed by atoms with van der Waals surface area (Å²) in [7, 11) is 0. The Hall–Kier alpha value is -2.73. The third-order valence-electron chi connectivity index (χ3n) is 3.30. The number of amides is 4. The van der Waals surface area contributed by atoms with Crippen molar-refractivity contribution >= 4 is 29.6 Å². The summed E-state index contributed by atoms with van der Waals surface area (Å²) in [6.07, 6.45) is -0.602. The molecule has 0 aromatic carbocycles. The van der Waals surface area contributed by atoms with E-state index in [9.17, 15) is 24.0 Å². The van der Waals surface area contributed by atoms with Crippen LogP contribution in [0.2, 0.25) is 0 Å². The van der Waals surface area contributed by atoms with E-state index in [1.807, 2.05) is 5.32 Å². The largest absolute Gasteiger partial charge is 0.480 e. The van der Waals surface area contributed by atoms with Crippen molar-refractivity contribution in [1.82, 2.24) is 16.0 Å². The first kappa shape index (κ1) is 23.3. The molecular weight excluding hydrogens is 350 g/mol. The van der Waals surface area contributed by atoms with Crippen molar-refractivity contribution in [2.75, 3.05) is 13.2 Å². The van der Waals surface area contributed by atoms with Gasteiger partial charge in [-0.3, -0.25) is 19.2 Å². The number of nitrogens with one attached hydrogen (secondary N) is 3. The first-order valence-corrected chi connectivity index (χ1v) is 7.74. The highest BCUT2D eigenvalue weighted by Crippen LogP contribution is 1.98. The van der Waals surface area contributed by atoms with Crippen molar-refractivity contribution < 1.29 is 34.2 Å². The predicted octanol–water partition coefficient (Wildman–Crippen LogP) is -3.99. The zero-order chi connectivity index (χ0) is 20.4. The summed E-state index contributed by atoms with van der Waals surface area (Å²) in [6, 6.07) is -3.91. The number of aliphatic hydroxyl groups excluding tert-OH is 1. The fourth-order valence-electron chi connectivity index (χ4n) is 1.70. The summed E-state index contributed by atoms with van der Waals surface area (Å²) in [4.78, 5) is 57.4. The van der Waals surface area contributed by atoms with Gasteiger partial charge in [-0.2, -0.15) is 0 Å². The van der Waals surface area contributed by atoms with E-state index in [2.05, 4.69) is 10.6 Å². The minimum atomic E-state index is -1.61. The summed E-state index contributed by atoms with van der Waals surface area (Å²) >= 11 is 0. The lowest BCUT2D eigenvalue weighted by atomic mass is 10.1. The Labute approximate surface area is 149 Å². The fourth-order valence-corrected chi connectivity index (χ4v) is 1.70. The van der Waals surface area contributed by atoms with E-state index in [0.717, 1.165) is 0 Å². The number of primary amides is 1. The van der Waals surface area contributed by atoms with Crippen LogP contribution in [-0.4, -0.2) is 71.1 Å². The van der Waals surface area contributed by atoms with Gasteiger partial charge in [-0.15, -0.1) is 0 Å². The van der Waals surface area contributed by atoms with Crippen LogP contribution in [0.5, 0.6) is 0 Å². The van der Waals surface area contributed by atoms with Gasteiger partial charge in [0.25, 0.3) is 0 Å². The number of carboxylic acids is 1. The monoisotopic (exact) mass is 375 g/mol. The third-order valence-corrected chi connectivity index (χ3v) is 3.30. The lowest BCUT2D eigenvalue weighted by Crippen LogP contribution is -2.55. The van der Waals surface area contributed by atoms with E-state index in [0.29, 0.717) is 0 Å². The van der Waals surface area contributed by atoms with Crippen LogP contribution in [-0.2, 0) is 24.0 Å². The van der Waals surface area contributed by atoms with Crippen molar-refractivity contribution in [1.29, 1.82) is 0 Å². The number of carboxylic acid groups (broad SMARTS) is 1. The molecule has 9 N–H and O–H groups in total. The molecule has 148 valence electrons. The summed E-state index contributed by atoms with van der Waals surface area (Å²) in [5.74, 6) is -4.99. The summed E-state index contributed by atoms with van der Waals surface area (Å²) in [5.41, 5.74) is 10.6. The van der Waals surface area contributed by atoms with Gasteiger partial charge in [0.1, 0.15) is 12.1 Å². The van der Waals surface area contributed by atoms with Crippen LogP contribution in [0.25, 0.3) is 0 Å². The second-order valence-electron chi connectivity index (χ2n) is 5.86. The van der Waals surface area contributed by atoms with Gasteiger partial charge in [-0.25, -0.2) is 4.79 Å². The maximum atomic E-state index is 12.0. The Morgan fingerprint density at radius 1 is 1.00 bits per heavy atom. The lowest BCUT2D eigenvalue weighted by Gasteiger charge is -2.20. The number of hydrogen-bond acceptors (Lipinski definition) is 7. The number of hydrogen-bond donors (Lipinski definition) is 7. The van der Waals surface area contributed by atoms with Crippen LogP contribution in [0.4, 0.5) is 0 Å². The fraction of sp³-hybridized carbons (Fsp3) is 0.643. The van der Waals surface area contributed by atoms with E-state index in [1.54, 1.807) is 13.8 Å². The number of aliphatic hydroxyl groups is 1. The minimum absolute atomic E-state index is 0.155. The van der Waals surface area contributed by atoms with E-state index in [-0.39, 0.29) is 5.92 Å². The SMILES string of the molecule is CC(C)C(N)C(=O)NCC(=O)NC(CC(N)=O)C(=O)NC(CO)C(=O)O. The van der Waals surface area contributed by atoms with E-state index < -0.39 is 67.3 Å². The normalized spacial score (nSPS) is 14.0. The van der Waals surface area contributed by atoms with Crippen molar-refractivity contribution in [2.45, 2.75) is 38.4 Å². The second kappa shape index (κ2) is 11.0. The molecule has 12 nitrogen and oxygen atoms in total. The smallest absolute Gasteiger partial charge is 0.328 e. The van der Waals surface area contributed by atoms with Crippen molar-refractivity contribution in [3.63, 3.8) is 0 Å². The molecule has 0 saturated carbocycles. The molecule has 0 bridgehead atoms. The molecule has 0 heterocycles. The molecule has 0 fully saturated rings. The summed E-state index contributed by atoms with van der Waals surface area (Å²) < 4.78 is 0. The molecule has 0 radical (unpaired) electrons. The molecule has 0 saturated heterocycles. The maximum Gasteiger partial charge on any atom is 0.328 e. The Bertz CT molecular complexity index is 552. The van der Waals surface area contributed by atoms with E-state index >= 15 is 0 Å². The first-order valence-electron chi connectivity index (χ1n) is 7.74. The topological polar surface area (TPSA) is 214 Å². The summed E-state index contributed by atoms with van der Waals surface area (Å²) in [6.45, 7) is 2.04. The zero-order valence-corrected chi connectivity index (χ0v) is 14.5. The van der Waals surface area contributed by atoms with Crippen molar-refractivity contribution in [3.8, 4) is 0 Å². The van der Waals surface area contributed by atoms with Crippen LogP contribution in [0.1, 0.15) is 20.3 Å². The molecule has 0 aromatic heterocycles. The van der Waals surface area contributed by atoms with E-state index in [4.69, 9.17) is 21.7 Å². The molecule has 0 spiro atoms. The lowest BCUT2D eigenvalue weighted by molar-refractivity contribution is -0.143. The van der Waals surface area contributed by atoms with Crippen LogP contribution in [0.3, 0.4) is 0 Å². The van der Waals surface area contributed by atoms with Gasteiger partial charge in [0, 0.05) is 0 Å². The Kier molecular flexibility index (Phi) is 9.84. The molecule has 12 heteroatoms. The van der Waals surface area contributed by atoms with Crippen LogP contribution in [0, 0.1) is 5.92 Å². The van der Waals surface area contributed by atoms with Gasteiger partial charge in [-0.05, 0) is 5.92 Å². The molecular formula is C14H25N5O7.